The van der Waals surface area contributed by atoms with Gasteiger partial charge in [0.1, 0.15) is 0 Å². The Hall–Kier alpha value is -1.80. The third-order valence-corrected chi connectivity index (χ3v) is 5.53. The Morgan fingerprint density at radius 1 is 1.12 bits per heavy atom. The van der Waals surface area contributed by atoms with Gasteiger partial charge in [0.25, 0.3) is 5.91 Å². The molecule has 1 N–H and O–H groups in total. The van der Waals surface area contributed by atoms with Crippen molar-refractivity contribution in [3.05, 3.63) is 68.6 Å². The van der Waals surface area contributed by atoms with E-state index in [1.165, 1.54) is 5.70 Å². The first-order valence-corrected chi connectivity index (χ1v) is 9.53. The fraction of sp³-hybridized carbons (Fsp3) is 0.111. The third-order valence-electron chi connectivity index (χ3n) is 3.91. The molecule has 2 aromatic rings. The van der Waals surface area contributed by atoms with Gasteiger partial charge in [-0.15, -0.1) is 0 Å². The van der Waals surface area contributed by atoms with Gasteiger partial charge in [0.15, 0.2) is 5.17 Å². The van der Waals surface area contributed by atoms with Gasteiger partial charge < -0.3 is 10.2 Å². The number of aliphatic imine (C=N–C) groups is 1. The molecule has 0 radical (unpaired) electrons. The molecule has 4 nitrogen and oxygen atoms in total. The number of thioether (sulfide) groups is 1. The molecule has 120 valence electrons. The second-order valence-electron chi connectivity index (χ2n) is 5.48. The fourth-order valence-electron chi connectivity index (χ4n) is 2.68. The number of rotatable bonds is 3. The zero-order valence-corrected chi connectivity index (χ0v) is 15.7. The summed E-state index contributed by atoms with van der Waals surface area (Å²) in [5.74, 6) is -0.0937. The lowest BCUT2D eigenvalue weighted by molar-refractivity contribution is 0.102. The molecule has 2 aliphatic rings. The molecular weight excluding hydrogens is 433 g/mol. The third kappa shape index (κ3) is 3.08. The first-order chi connectivity index (χ1) is 11.7. The van der Waals surface area contributed by atoms with Crippen LogP contribution in [0, 0.1) is 3.57 Å². The van der Waals surface area contributed by atoms with Crippen LogP contribution in [-0.4, -0.2) is 29.1 Å². The molecule has 4 rings (SSSR count). The smallest absolute Gasteiger partial charge is 0.255 e. The minimum absolute atomic E-state index is 0.0937. The molecular formula is C18H14IN3OS. The summed E-state index contributed by atoms with van der Waals surface area (Å²) in [4.78, 5) is 19.0. The number of anilines is 1. The Morgan fingerprint density at radius 2 is 1.88 bits per heavy atom. The lowest BCUT2D eigenvalue weighted by Gasteiger charge is -2.16. The fourth-order valence-corrected chi connectivity index (χ4v) is 4.00. The van der Waals surface area contributed by atoms with Crippen LogP contribution in [0.15, 0.2) is 58.9 Å². The number of nitrogens with zero attached hydrogens (tertiary/aromatic N) is 2. The van der Waals surface area contributed by atoms with Crippen molar-refractivity contribution in [3.8, 4) is 0 Å². The number of benzene rings is 2. The van der Waals surface area contributed by atoms with Crippen LogP contribution in [0.5, 0.6) is 0 Å². The molecule has 0 atom stereocenters. The molecule has 0 aliphatic carbocycles. The maximum Gasteiger partial charge on any atom is 0.255 e. The Balaban J connectivity index is 1.47. The van der Waals surface area contributed by atoms with Gasteiger partial charge in [-0.1, -0.05) is 23.9 Å². The monoisotopic (exact) mass is 447 g/mol. The lowest BCUT2D eigenvalue weighted by atomic mass is 10.1. The van der Waals surface area contributed by atoms with Crippen molar-refractivity contribution < 1.29 is 4.79 Å². The van der Waals surface area contributed by atoms with Gasteiger partial charge in [0, 0.05) is 26.8 Å². The van der Waals surface area contributed by atoms with Crippen LogP contribution in [0.4, 0.5) is 5.69 Å². The van der Waals surface area contributed by atoms with Gasteiger partial charge in [-0.25, -0.2) is 0 Å². The number of halogens is 1. The van der Waals surface area contributed by atoms with E-state index in [1.807, 2.05) is 48.5 Å². The molecule has 0 spiro atoms. The van der Waals surface area contributed by atoms with Crippen LogP contribution < -0.4 is 5.32 Å². The molecule has 0 bridgehead atoms. The first-order valence-electron chi connectivity index (χ1n) is 7.57. The SMILES string of the molecule is O=C(Nc1ccc(C2=CSC3=NCCN23)cc1)c1ccc(I)cc1. The normalized spacial score (nSPS) is 15.8. The van der Waals surface area contributed by atoms with E-state index in [4.69, 9.17) is 0 Å². The standard InChI is InChI=1S/C18H14IN3OS/c19-14-5-1-13(2-6-14)17(23)21-15-7-3-12(4-8-15)16-11-24-18-20-9-10-22(16)18/h1-8,11H,9-10H2,(H,21,23). The lowest BCUT2D eigenvalue weighted by Crippen LogP contribution is -2.19. The summed E-state index contributed by atoms with van der Waals surface area (Å²) in [5.41, 5.74) is 3.78. The minimum Gasteiger partial charge on any atom is -0.322 e. The summed E-state index contributed by atoms with van der Waals surface area (Å²) in [6.45, 7) is 1.81. The van der Waals surface area contributed by atoms with Crippen molar-refractivity contribution in [2.45, 2.75) is 0 Å². The van der Waals surface area contributed by atoms with E-state index < -0.39 is 0 Å². The molecule has 1 amide bonds. The number of amides is 1. The molecule has 2 aromatic carbocycles. The van der Waals surface area contributed by atoms with E-state index in [1.54, 1.807) is 11.8 Å². The maximum atomic E-state index is 12.3. The van der Waals surface area contributed by atoms with Crippen molar-refractivity contribution in [1.82, 2.24) is 4.90 Å². The van der Waals surface area contributed by atoms with Gasteiger partial charge in [-0.3, -0.25) is 9.79 Å². The van der Waals surface area contributed by atoms with Crippen LogP contribution in [0.3, 0.4) is 0 Å². The average molecular weight is 447 g/mol. The van der Waals surface area contributed by atoms with Crippen LogP contribution in [0.1, 0.15) is 15.9 Å². The van der Waals surface area contributed by atoms with E-state index in [0.717, 1.165) is 33.1 Å². The zero-order valence-electron chi connectivity index (χ0n) is 12.7. The largest absolute Gasteiger partial charge is 0.322 e. The van der Waals surface area contributed by atoms with Crippen molar-refractivity contribution in [3.63, 3.8) is 0 Å². The number of carbonyl (C=O) groups is 1. The van der Waals surface area contributed by atoms with Crippen molar-refractivity contribution in [2.24, 2.45) is 4.99 Å². The van der Waals surface area contributed by atoms with Crippen LogP contribution in [0.2, 0.25) is 0 Å². The average Bonchev–Trinajstić information content (AvgIpc) is 3.20. The van der Waals surface area contributed by atoms with Gasteiger partial charge in [0.2, 0.25) is 0 Å². The number of fused-ring (bicyclic) bond motifs is 1. The van der Waals surface area contributed by atoms with E-state index in [9.17, 15) is 4.79 Å². The van der Waals surface area contributed by atoms with E-state index in [-0.39, 0.29) is 5.91 Å². The summed E-state index contributed by atoms with van der Waals surface area (Å²) in [6.07, 6.45) is 0. The van der Waals surface area contributed by atoms with Crippen LogP contribution in [-0.2, 0) is 0 Å². The summed E-state index contributed by atoms with van der Waals surface area (Å²) < 4.78 is 1.11. The highest BCUT2D eigenvalue weighted by Crippen LogP contribution is 2.35. The highest BCUT2D eigenvalue weighted by atomic mass is 127. The van der Waals surface area contributed by atoms with Crippen molar-refractivity contribution in [2.75, 3.05) is 18.4 Å². The molecule has 0 aromatic heterocycles. The molecule has 6 heteroatoms. The maximum absolute atomic E-state index is 12.3. The second kappa shape index (κ2) is 6.60. The number of hydrogen-bond acceptors (Lipinski definition) is 4. The Morgan fingerprint density at radius 3 is 2.62 bits per heavy atom. The Kier molecular flexibility index (Phi) is 4.32. The number of carbonyl (C=O) groups excluding carboxylic acids is 1. The number of nitrogens with one attached hydrogen (secondary N) is 1. The summed E-state index contributed by atoms with van der Waals surface area (Å²) >= 11 is 3.90. The molecule has 0 saturated carbocycles. The van der Waals surface area contributed by atoms with E-state index >= 15 is 0 Å². The summed E-state index contributed by atoms with van der Waals surface area (Å²) in [5, 5.41) is 6.16. The summed E-state index contributed by atoms with van der Waals surface area (Å²) in [6, 6.07) is 15.5. The van der Waals surface area contributed by atoms with Gasteiger partial charge in [0.05, 0.1) is 12.2 Å². The first kappa shape index (κ1) is 15.7. The number of hydrogen-bond donors (Lipinski definition) is 1. The molecule has 0 fully saturated rings. The number of amidine groups is 1. The highest BCUT2D eigenvalue weighted by Gasteiger charge is 2.26. The quantitative estimate of drug-likeness (QED) is 0.716. The minimum atomic E-state index is -0.0937. The van der Waals surface area contributed by atoms with Gasteiger partial charge in [-0.05, 0) is 64.6 Å². The van der Waals surface area contributed by atoms with Gasteiger partial charge in [-0.2, -0.15) is 0 Å². The Labute approximate surface area is 158 Å². The summed E-state index contributed by atoms with van der Waals surface area (Å²) in [7, 11) is 0. The van der Waals surface area contributed by atoms with Crippen LogP contribution >= 0.6 is 34.4 Å². The molecule has 2 aliphatic heterocycles. The molecule has 2 heterocycles. The van der Waals surface area contributed by atoms with E-state index in [0.29, 0.717) is 5.56 Å². The molecule has 0 unspecified atom stereocenters. The van der Waals surface area contributed by atoms with Gasteiger partial charge >= 0.3 is 0 Å². The second-order valence-corrected chi connectivity index (χ2v) is 7.56. The van der Waals surface area contributed by atoms with E-state index in [2.05, 4.69) is 43.2 Å². The molecule has 24 heavy (non-hydrogen) atoms. The predicted octanol–water partition coefficient (Wildman–Crippen LogP) is 4.26. The topological polar surface area (TPSA) is 44.7 Å². The van der Waals surface area contributed by atoms with Crippen molar-refractivity contribution >= 4 is 56.8 Å². The van der Waals surface area contributed by atoms with Crippen LogP contribution in [0.25, 0.3) is 5.70 Å². The Bertz CT molecular complexity index is 844. The highest BCUT2D eigenvalue weighted by molar-refractivity contribution is 14.1. The zero-order chi connectivity index (χ0) is 16.5. The predicted molar refractivity (Wildman–Crippen MR) is 108 cm³/mol. The molecule has 0 saturated heterocycles. The van der Waals surface area contributed by atoms with Crippen molar-refractivity contribution in [1.29, 1.82) is 0 Å².